The van der Waals surface area contributed by atoms with Gasteiger partial charge >= 0.3 is 0 Å². The molecule has 0 amide bonds. The van der Waals surface area contributed by atoms with Gasteiger partial charge in [-0.05, 0) is 25.2 Å². The van der Waals surface area contributed by atoms with Crippen LogP contribution in [0.1, 0.15) is 26.7 Å². The van der Waals surface area contributed by atoms with E-state index in [2.05, 4.69) is 25.7 Å². The largest absolute Gasteiger partial charge is 0.309 e. The second kappa shape index (κ2) is 3.16. The van der Waals surface area contributed by atoms with Crippen molar-refractivity contribution in [3.8, 4) is 0 Å². The molecule has 64 valence electrons. The molecule has 1 N–H and O–H groups in total. The van der Waals surface area contributed by atoms with Gasteiger partial charge in [0.1, 0.15) is 0 Å². The van der Waals surface area contributed by atoms with E-state index in [0.717, 1.165) is 6.54 Å². The first-order chi connectivity index (χ1) is 5.04. The summed E-state index contributed by atoms with van der Waals surface area (Å²) in [6.45, 7) is 8.89. The predicted octanol–water partition coefficient (Wildman–Crippen LogP) is 2.52. The van der Waals surface area contributed by atoms with Gasteiger partial charge in [-0.25, -0.2) is 0 Å². The van der Waals surface area contributed by atoms with Crippen molar-refractivity contribution >= 4 is 11.6 Å². The first-order valence-corrected chi connectivity index (χ1v) is 4.49. The minimum absolute atomic E-state index is 0.534. The van der Waals surface area contributed by atoms with Crippen LogP contribution in [-0.4, -0.2) is 12.6 Å². The van der Waals surface area contributed by atoms with E-state index in [0.29, 0.717) is 16.5 Å². The summed E-state index contributed by atoms with van der Waals surface area (Å²) in [5, 5.41) is 4.05. The van der Waals surface area contributed by atoms with Crippen LogP contribution in [0.2, 0.25) is 0 Å². The zero-order valence-corrected chi connectivity index (χ0v) is 8.04. The third-order valence-corrected chi connectivity index (χ3v) is 2.82. The highest BCUT2D eigenvalue weighted by Crippen LogP contribution is 2.47. The average Bonchev–Trinajstić information content (AvgIpc) is 2.64. The Bertz CT molecular complexity index is 161. The molecular weight excluding hydrogens is 158 g/mol. The van der Waals surface area contributed by atoms with Crippen molar-refractivity contribution in [2.24, 2.45) is 5.41 Å². The SMILES string of the molecule is C=C(Cl)CNC(C)C1(C)CC1. The van der Waals surface area contributed by atoms with Gasteiger partial charge in [0, 0.05) is 17.6 Å². The highest BCUT2D eigenvalue weighted by Gasteiger charge is 2.41. The molecule has 1 aliphatic rings. The maximum absolute atomic E-state index is 5.64. The van der Waals surface area contributed by atoms with Gasteiger partial charge in [0.15, 0.2) is 0 Å². The Hall–Kier alpha value is -0.0100. The summed E-state index contributed by atoms with van der Waals surface area (Å²) in [6, 6.07) is 0.568. The highest BCUT2D eigenvalue weighted by molar-refractivity contribution is 6.29. The van der Waals surface area contributed by atoms with Gasteiger partial charge < -0.3 is 5.32 Å². The van der Waals surface area contributed by atoms with Gasteiger partial charge in [-0.2, -0.15) is 0 Å². The van der Waals surface area contributed by atoms with E-state index in [1.165, 1.54) is 12.8 Å². The number of rotatable bonds is 4. The van der Waals surface area contributed by atoms with E-state index in [-0.39, 0.29) is 0 Å². The van der Waals surface area contributed by atoms with Crippen LogP contribution in [0.3, 0.4) is 0 Å². The number of halogens is 1. The molecule has 0 aromatic rings. The van der Waals surface area contributed by atoms with Gasteiger partial charge in [0.2, 0.25) is 0 Å². The van der Waals surface area contributed by atoms with E-state index >= 15 is 0 Å². The molecule has 11 heavy (non-hydrogen) atoms. The van der Waals surface area contributed by atoms with Crippen molar-refractivity contribution in [3.63, 3.8) is 0 Å². The summed E-state index contributed by atoms with van der Waals surface area (Å²) in [4.78, 5) is 0. The molecule has 0 spiro atoms. The Morgan fingerprint density at radius 1 is 1.73 bits per heavy atom. The quantitative estimate of drug-likeness (QED) is 0.689. The lowest BCUT2D eigenvalue weighted by molar-refractivity contribution is 0.394. The van der Waals surface area contributed by atoms with Crippen molar-refractivity contribution in [1.29, 1.82) is 0 Å². The maximum atomic E-state index is 5.64. The van der Waals surface area contributed by atoms with Crippen molar-refractivity contribution in [2.75, 3.05) is 6.54 Å². The molecular formula is C9H16ClN. The lowest BCUT2D eigenvalue weighted by atomic mass is 10.0. The molecule has 1 fully saturated rings. The second-order valence-corrected chi connectivity index (χ2v) is 4.31. The fourth-order valence-electron chi connectivity index (χ4n) is 1.14. The normalized spacial score (nSPS) is 22.8. The summed E-state index contributed by atoms with van der Waals surface area (Å²) < 4.78 is 0. The van der Waals surface area contributed by atoms with Crippen molar-refractivity contribution in [3.05, 3.63) is 11.6 Å². The minimum Gasteiger partial charge on any atom is -0.309 e. The third kappa shape index (κ3) is 2.49. The first-order valence-electron chi connectivity index (χ1n) is 4.11. The highest BCUT2D eigenvalue weighted by atomic mass is 35.5. The van der Waals surface area contributed by atoms with E-state index in [1.807, 2.05) is 0 Å². The molecule has 1 nitrogen and oxygen atoms in total. The molecule has 1 saturated carbocycles. The number of hydrogen-bond acceptors (Lipinski definition) is 1. The molecule has 0 bridgehead atoms. The van der Waals surface area contributed by atoms with E-state index in [9.17, 15) is 0 Å². The van der Waals surface area contributed by atoms with Crippen LogP contribution in [0.15, 0.2) is 11.6 Å². The summed E-state index contributed by atoms with van der Waals surface area (Å²) >= 11 is 5.64. The minimum atomic E-state index is 0.534. The van der Waals surface area contributed by atoms with Gasteiger partial charge in [-0.3, -0.25) is 0 Å². The van der Waals surface area contributed by atoms with E-state index < -0.39 is 0 Å². The van der Waals surface area contributed by atoms with Crippen LogP contribution >= 0.6 is 11.6 Å². The van der Waals surface area contributed by atoms with Crippen LogP contribution in [0.25, 0.3) is 0 Å². The van der Waals surface area contributed by atoms with Gasteiger partial charge in [0.05, 0.1) is 0 Å². The van der Waals surface area contributed by atoms with Crippen molar-refractivity contribution in [1.82, 2.24) is 5.32 Å². The van der Waals surface area contributed by atoms with Crippen LogP contribution in [-0.2, 0) is 0 Å². The van der Waals surface area contributed by atoms with Crippen LogP contribution in [0.5, 0.6) is 0 Å². The summed E-state index contributed by atoms with van der Waals surface area (Å²) in [7, 11) is 0. The Morgan fingerprint density at radius 2 is 2.27 bits per heavy atom. The fourth-order valence-corrected chi connectivity index (χ4v) is 1.22. The molecule has 0 radical (unpaired) electrons. The standard InChI is InChI=1S/C9H16ClN/c1-7(10)6-11-8(2)9(3)4-5-9/h8,11H,1,4-6H2,2-3H3. The second-order valence-electron chi connectivity index (χ2n) is 3.77. The van der Waals surface area contributed by atoms with Crippen LogP contribution < -0.4 is 5.32 Å². The molecule has 0 aromatic heterocycles. The van der Waals surface area contributed by atoms with E-state index in [4.69, 9.17) is 11.6 Å². The van der Waals surface area contributed by atoms with Crippen molar-refractivity contribution in [2.45, 2.75) is 32.7 Å². The maximum Gasteiger partial charge on any atom is 0.0310 e. The zero-order valence-electron chi connectivity index (χ0n) is 7.28. The fraction of sp³-hybridized carbons (Fsp3) is 0.778. The molecule has 0 saturated heterocycles. The van der Waals surface area contributed by atoms with Gasteiger partial charge in [-0.15, -0.1) is 0 Å². The number of hydrogen-bond donors (Lipinski definition) is 1. The van der Waals surface area contributed by atoms with Crippen molar-refractivity contribution < 1.29 is 0 Å². The van der Waals surface area contributed by atoms with Gasteiger partial charge in [-0.1, -0.05) is 25.1 Å². The van der Waals surface area contributed by atoms with Crippen LogP contribution in [0.4, 0.5) is 0 Å². The average molecular weight is 174 g/mol. The predicted molar refractivity (Wildman–Crippen MR) is 49.8 cm³/mol. The first kappa shape index (κ1) is 9.08. The molecule has 1 atom stereocenters. The monoisotopic (exact) mass is 173 g/mol. The Kier molecular flexibility index (Phi) is 2.61. The summed E-state index contributed by atoms with van der Waals surface area (Å²) in [5.74, 6) is 0. The smallest absolute Gasteiger partial charge is 0.0310 e. The molecule has 2 heteroatoms. The topological polar surface area (TPSA) is 12.0 Å². The molecule has 0 aromatic carbocycles. The molecule has 1 rings (SSSR count). The number of nitrogens with one attached hydrogen (secondary N) is 1. The molecule has 1 aliphatic carbocycles. The third-order valence-electron chi connectivity index (χ3n) is 2.68. The summed E-state index contributed by atoms with van der Waals surface area (Å²) in [6.07, 6.45) is 2.69. The van der Waals surface area contributed by atoms with E-state index in [1.54, 1.807) is 0 Å². The summed E-state index contributed by atoms with van der Waals surface area (Å²) in [5.41, 5.74) is 0.534. The Labute approximate surface area is 73.8 Å². The molecule has 0 heterocycles. The molecule has 0 aliphatic heterocycles. The Balaban J connectivity index is 2.21. The zero-order chi connectivity index (χ0) is 8.48. The Morgan fingerprint density at radius 3 is 2.64 bits per heavy atom. The van der Waals surface area contributed by atoms with Gasteiger partial charge in [0.25, 0.3) is 0 Å². The lowest BCUT2D eigenvalue weighted by Crippen LogP contribution is -2.33. The lowest BCUT2D eigenvalue weighted by Gasteiger charge is -2.19. The van der Waals surface area contributed by atoms with Crippen LogP contribution in [0, 0.1) is 5.41 Å². The molecule has 1 unspecified atom stereocenters.